The molecule has 0 radical (unpaired) electrons. The summed E-state index contributed by atoms with van der Waals surface area (Å²) >= 11 is 0. The number of H-pyrrole nitrogens is 1. The number of aromatic nitrogens is 3. The van der Waals surface area contributed by atoms with Gasteiger partial charge >= 0.3 is 13.4 Å². The van der Waals surface area contributed by atoms with Crippen LogP contribution in [0.4, 0.5) is 4.39 Å². The second-order valence-corrected chi connectivity index (χ2v) is 9.53. The van der Waals surface area contributed by atoms with E-state index in [1.165, 1.54) is 12.3 Å². The topological polar surface area (TPSA) is 151 Å². The maximum atomic E-state index is 14.9. The quantitative estimate of drug-likeness (QED) is 0.448. The molecule has 1 fully saturated rings. The summed E-state index contributed by atoms with van der Waals surface area (Å²) in [6, 6.07) is 5.69. The Morgan fingerprint density at radius 2 is 2.06 bits per heavy atom. The van der Waals surface area contributed by atoms with Crippen molar-refractivity contribution in [3.05, 3.63) is 62.8 Å². The fourth-order valence-corrected chi connectivity index (χ4v) is 4.70. The first-order valence-corrected chi connectivity index (χ1v) is 11.7. The number of ether oxygens (including phenoxy) is 1. The molecule has 0 bridgehead atoms. The third-order valence-corrected chi connectivity index (χ3v) is 6.78. The Labute approximate surface area is 187 Å². The van der Waals surface area contributed by atoms with Crippen molar-refractivity contribution < 1.29 is 27.8 Å². The second-order valence-electron chi connectivity index (χ2n) is 8.01. The summed E-state index contributed by atoms with van der Waals surface area (Å²) in [4.78, 5) is 25.4. The number of rotatable bonds is 6. The van der Waals surface area contributed by atoms with Gasteiger partial charge in [0.1, 0.15) is 12.3 Å². The van der Waals surface area contributed by atoms with E-state index in [-0.39, 0.29) is 11.1 Å². The van der Waals surface area contributed by atoms with Gasteiger partial charge in [-0.3, -0.25) is 18.9 Å². The van der Waals surface area contributed by atoms with E-state index in [1.54, 1.807) is 30.7 Å². The predicted molar refractivity (Wildman–Crippen MR) is 116 cm³/mol. The average Bonchev–Trinajstić information content (AvgIpc) is 3.19. The Kier molecular flexibility index (Phi) is 6.06. The normalized spacial score (nSPS) is 24.8. The number of nitrogens with two attached hydrogens (primary N) is 1. The lowest BCUT2D eigenvalue weighted by atomic mass is 10.0. The Morgan fingerprint density at radius 3 is 2.76 bits per heavy atom. The largest absolute Gasteiger partial charge is 0.456 e. The summed E-state index contributed by atoms with van der Waals surface area (Å²) in [6.45, 7) is 3.01. The number of aryl methyl sites for hydroxylation is 2. The summed E-state index contributed by atoms with van der Waals surface area (Å²) in [7, 11) is -2.50. The van der Waals surface area contributed by atoms with Gasteiger partial charge < -0.3 is 18.9 Å². The fourth-order valence-electron chi connectivity index (χ4n) is 3.87. The number of aliphatic hydroxyl groups excluding tert-OH is 1. The van der Waals surface area contributed by atoms with Gasteiger partial charge in [-0.1, -0.05) is 6.92 Å². The number of hydrogen-bond acceptors (Lipinski definition) is 7. The lowest BCUT2D eigenvalue weighted by molar-refractivity contribution is -0.0441. The van der Waals surface area contributed by atoms with Crippen molar-refractivity contribution in [3.63, 3.8) is 0 Å². The van der Waals surface area contributed by atoms with Crippen LogP contribution in [-0.4, -0.2) is 38.0 Å². The zero-order chi connectivity index (χ0) is 24.1. The van der Waals surface area contributed by atoms with Crippen LogP contribution < -0.4 is 21.3 Å². The molecule has 178 valence electrons. The molecule has 4 N–H and O–H groups in total. The minimum atomic E-state index is -4.28. The standard InChI is InChI=1S/C20H24FN4O7P/c1-10-8-12-13(24(10)3)4-5-14(17(12)21)32-33(22,29)30-9-15-18(27)11(2)19(31-15)25-7-6-16(26)23-20(25)28/h4-8,11,15,18-19,27H,9H2,1-3H3,(H2,22,29)(H,23,26,28)/t11?,15?,18-,19?,33-/m0/s1. The molecule has 3 aromatic rings. The molecule has 3 unspecified atom stereocenters. The number of nitrogens with one attached hydrogen (secondary N) is 1. The summed E-state index contributed by atoms with van der Waals surface area (Å²) in [6.07, 6.45) is -1.76. The van der Waals surface area contributed by atoms with E-state index in [9.17, 15) is 23.7 Å². The van der Waals surface area contributed by atoms with Crippen LogP contribution in [0, 0.1) is 18.7 Å². The Morgan fingerprint density at radius 1 is 1.33 bits per heavy atom. The van der Waals surface area contributed by atoms with Crippen molar-refractivity contribution in [3.8, 4) is 5.75 Å². The van der Waals surface area contributed by atoms with E-state index in [1.807, 2.05) is 6.92 Å². The summed E-state index contributed by atoms with van der Waals surface area (Å²) in [5, 5.41) is 10.8. The molecule has 2 aromatic heterocycles. The molecule has 1 aliphatic heterocycles. The van der Waals surface area contributed by atoms with E-state index in [2.05, 4.69) is 4.98 Å². The summed E-state index contributed by atoms with van der Waals surface area (Å²) in [5.74, 6) is -1.63. The molecule has 13 heteroatoms. The number of benzene rings is 1. The van der Waals surface area contributed by atoms with E-state index in [0.29, 0.717) is 5.52 Å². The van der Waals surface area contributed by atoms with Crippen molar-refractivity contribution in [2.75, 3.05) is 6.61 Å². The third kappa shape index (κ3) is 4.40. The Hall–Kier alpha value is -2.76. The van der Waals surface area contributed by atoms with Crippen molar-refractivity contribution in [1.29, 1.82) is 0 Å². The van der Waals surface area contributed by atoms with Crippen LogP contribution >= 0.6 is 7.75 Å². The van der Waals surface area contributed by atoms with Crippen LogP contribution in [0.5, 0.6) is 5.75 Å². The number of halogens is 1. The number of aliphatic hydroxyl groups is 1. The predicted octanol–water partition coefficient (Wildman–Crippen LogP) is 1.53. The lowest BCUT2D eigenvalue weighted by Crippen LogP contribution is -2.33. The van der Waals surface area contributed by atoms with E-state index >= 15 is 0 Å². The number of fused-ring (bicyclic) bond motifs is 1. The lowest BCUT2D eigenvalue weighted by Gasteiger charge is -2.19. The maximum Gasteiger partial charge on any atom is 0.456 e. The minimum Gasteiger partial charge on any atom is -0.410 e. The van der Waals surface area contributed by atoms with Gasteiger partial charge in [0.15, 0.2) is 11.6 Å². The molecule has 5 atom stereocenters. The molecule has 4 rings (SSSR count). The highest BCUT2D eigenvalue weighted by Crippen LogP contribution is 2.44. The fraction of sp³-hybridized carbons (Fsp3) is 0.400. The maximum absolute atomic E-state index is 14.9. The first-order chi connectivity index (χ1) is 15.5. The van der Waals surface area contributed by atoms with Gasteiger partial charge in [0.2, 0.25) is 0 Å². The van der Waals surface area contributed by atoms with Crippen LogP contribution in [0.3, 0.4) is 0 Å². The molecule has 1 aliphatic rings. The van der Waals surface area contributed by atoms with Crippen LogP contribution in [0.1, 0.15) is 18.8 Å². The smallest absolute Gasteiger partial charge is 0.410 e. The van der Waals surface area contributed by atoms with Crippen molar-refractivity contribution in [1.82, 2.24) is 14.1 Å². The van der Waals surface area contributed by atoms with E-state index < -0.39 is 55.8 Å². The van der Waals surface area contributed by atoms with Gasteiger partial charge in [0.05, 0.1) is 18.2 Å². The highest BCUT2D eigenvalue weighted by atomic mass is 31.2. The van der Waals surface area contributed by atoms with Gasteiger partial charge in [-0.25, -0.2) is 19.3 Å². The molecule has 1 aromatic carbocycles. The third-order valence-electron chi connectivity index (χ3n) is 5.82. The highest BCUT2D eigenvalue weighted by Gasteiger charge is 2.43. The first-order valence-electron chi connectivity index (χ1n) is 10.1. The average molecular weight is 482 g/mol. The van der Waals surface area contributed by atoms with E-state index in [0.717, 1.165) is 16.3 Å². The molecule has 1 saturated heterocycles. The van der Waals surface area contributed by atoms with Gasteiger partial charge in [-0.05, 0) is 25.1 Å². The second kappa shape index (κ2) is 8.54. The molecular weight excluding hydrogens is 458 g/mol. The SMILES string of the molecule is Cc1cc2c(F)c(O[P@@](N)(=O)OCC3OC(n4ccc(=O)[nH]c4=O)C(C)[C@@H]3O)ccc2n1C. The molecule has 0 spiro atoms. The van der Waals surface area contributed by atoms with Gasteiger partial charge in [-0.15, -0.1) is 0 Å². The zero-order valence-corrected chi connectivity index (χ0v) is 19.0. The summed E-state index contributed by atoms with van der Waals surface area (Å²) < 4.78 is 46.5. The van der Waals surface area contributed by atoms with Crippen LogP contribution in [0.15, 0.2) is 40.1 Å². The monoisotopic (exact) mass is 482 g/mol. The van der Waals surface area contributed by atoms with Crippen molar-refractivity contribution in [2.24, 2.45) is 18.5 Å². The van der Waals surface area contributed by atoms with Crippen molar-refractivity contribution >= 4 is 18.6 Å². The minimum absolute atomic E-state index is 0.282. The molecule has 33 heavy (non-hydrogen) atoms. The van der Waals surface area contributed by atoms with Gasteiger partial charge in [-0.2, -0.15) is 0 Å². The number of nitrogens with zero attached hydrogens (tertiary/aromatic N) is 2. The zero-order valence-electron chi connectivity index (χ0n) is 18.1. The molecule has 3 heterocycles. The first kappa shape index (κ1) is 23.4. The number of hydrogen-bond donors (Lipinski definition) is 3. The molecule has 0 aliphatic carbocycles. The molecule has 0 saturated carbocycles. The number of aromatic amines is 1. The molecular formula is C20H24FN4O7P. The molecule has 0 amide bonds. The van der Waals surface area contributed by atoms with Gasteiger partial charge in [0.25, 0.3) is 5.56 Å². The Bertz CT molecular complexity index is 1370. The van der Waals surface area contributed by atoms with Gasteiger partial charge in [0, 0.05) is 36.3 Å². The van der Waals surface area contributed by atoms with Crippen molar-refractivity contribution in [2.45, 2.75) is 32.3 Å². The van der Waals surface area contributed by atoms with Crippen LogP contribution in [0.2, 0.25) is 0 Å². The molecule has 11 nitrogen and oxygen atoms in total. The highest BCUT2D eigenvalue weighted by molar-refractivity contribution is 7.51. The Balaban J connectivity index is 1.46. The van der Waals surface area contributed by atoms with Crippen LogP contribution in [0.25, 0.3) is 10.9 Å². The van der Waals surface area contributed by atoms with Crippen LogP contribution in [-0.2, 0) is 20.9 Å². The summed E-state index contributed by atoms with van der Waals surface area (Å²) in [5.41, 5.74) is 5.83. The van der Waals surface area contributed by atoms with E-state index in [4.69, 9.17) is 19.3 Å².